The fourth-order valence-corrected chi connectivity index (χ4v) is 0.448. The van der Waals surface area contributed by atoms with Gasteiger partial charge in [-0.05, 0) is 19.1 Å². The zero-order valence-electron chi connectivity index (χ0n) is 7.86. The van der Waals surface area contributed by atoms with Crippen LogP contribution in [0.2, 0.25) is 0 Å². The molecule has 7 nitrogen and oxygen atoms in total. The quantitative estimate of drug-likeness (QED) is 0.485. The third-order valence-electron chi connectivity index (χ3n) is 0.813. The fraction of sp³-hybridized carbons (Fsp3) is 0.167. The molecular weight excluding hydrogens is 244 g/mol. The Balaban J connectivity index is 0. The SMILES string of the molecule is Cc1ccccn1.O=[PH](O)O.O=[PH](O)O. The Morgan fingerprint density at radius 2 is 1.47 bits per heavy atom. The van der Waals surface area contributed by atoms with E-state index in [1.165, 1.54) is 0 Å². The number of rotatable bonds is 0. The molecule has 9 heteroatoms. The van der Waals surface area contributed by atoms with Crippen molar-refractivity contribution in [1.29, 1.82) is 0 Å². The minimum atomic E-state index is -3.13. The standard InChI is InChI=1S/C6H7N.2H3O3P/c1-6-4-2-3-5-7-6;2*1-4(2)3/h2-5H,1H3;2*4H,(H2,1,2,3). The topological polar surface area (TPSA) is 128 Å². The van der Waals surface area contributed by atoms with Crippen LogP contribution in [0.5, 0.6) is 0 Å². The third-order valence-corrected chi connectivity index (χ3v) is 0.813. The van der Waals surface area contributed by atoms with Crippen LogP contribution in [0.3, 0.4) is 0 Å². The van der Waals surface area contributed by atoms with Crippen molar-refractivity contribution >= 4 is 16.5 Å². The Bertz CT molecular complexity index is 273. The molecule has 0 atom stereocenters. The van der Waals surface area contributed by atoms with E-state index in [0.29, 0.717) is 0 Å². The number of aromatic nitrogens is 1. The average molecular weight is 257 g/mol. The molecule has 0 fully saturated rings. The summed E-state index contributed by atoms with van der Waals surface area (Å²) in [5.74, 6) is 0. The van der Waals surface area contributed by atoms with E-state index in [0.717, 1.165) is 5.69 Å². The minimum Gasteiger partial charge on any atom is -0.326 e. The van der Waals surface area contributed by atoms with E-state index in [1.54, 1.807) is 6.20 Å². The molecule has 0 aliphatic rings. The highest BCUT2D eigenvalue weighted by Gasteiger charge is 1.73. The zero-order chi connectivity index (χ0) is 12.3. The highest BCUT2D eigenvalue weighted by Crippen LogP contribution is 1.98. The maximum absolute atomic E-state index is 8.74. The van der Waals surface area contributed by atoms with Gasteiger partial charge in [0.15, 0.2) is 0 Å². The molecule has 1 aromatic rings. The molecule has 1 rings (SSSR count). The average Bonchev–Trinajstić information content (AvgIpc) is 2.03. The van der Waals surface area contributed by atoms with Gasteiger partial charge in [0, 0.05) is 11.9 Å². The molecule has 1 aromatic heterocycles. The van der Waals surface area contributed by atoms with Crippen LogP contribution in [0.15, 0.2) is 24.4 Å². The summed E-state index contributed by atoms with van der Waals surface area (Å²) in [4.78, 5) is 32.6. The lowest BCUT2D eigenvalue weighted by molar-refractivity contribution is 0.403. The summed E-state index contributed by atoms with van der Waals surface area (Å²) in [6.45, 7) is 1.97. The van der Waals surface area contributed by atoms with Gasteiger partial charge >= 0.3 is 16.5 Å². The van der Waals surface area contributed by atoms with Gasteiger partial charge in [0.05, 0.1) is 0 Å². The molecule has 0 aliphatic carbocycles. The zero-order valence-corrected chi connectivity index (χ0v) is 9.86. The molecule has 1 heterocycles. The van der Waals surface area contributed by atoms with E-state index in [9.17, 15) is 0 Å². The van der Waals surface area contributed by atoms with Crippen molar-refractivity contribution in [3.63, 3.8) is 0 Å². The normalized spacial score (nSPS) is 8.73. The molecule has 88 valence electrons. The van der Waals surface area contributed by atoms with Crippen LogP contribution >= 0.6 is 16.5 Å². The first-order valence-electron chi connectivity index (χ1n) is 3.57. The number of aryl methyl sites for hydroxylation is 1. The van der Waals surface area contributed by atoms with Crippen molar-refractivity contribution in [3.8, 4) is 0 Å². The van der Waals surface area contributed by atoms with Gasteiger partial charge in [0.1, 0.15) is 0 Å². The highest BCUT2D eigenvalue weighted by atomic mass is 31.1. The summed E-state index contributed by atoms with van der Waals surface area (Å²) in [5.41, 5.74) is 1.07. The van der Waals surface area contributed by atoms with Gasteiger partial charge in [-0.2, -0.15) is 0 Å². The number of pyridine rings is 1. The second-order valence-corrected chi connectivity index (χ2v) is 3.17. The van der Waals surface area contributed by atoms with Crippen molar-refractivity contribution in [3.05, 3.63) is 30.1 Å². The van der Waals surface area contributed by atoms with Crippen LogP contribution < -0.4 is 0 Å². The number of hydrogen-bond acceptors (Lipinski definition) is 3. The van der Waals surface area contributed by atoms with Crippen molar-refractivity contribution in [2.45, 2.75) is 6.92 Å². The van der Waals surface area contributed by atoms with Crippen molar-refractivity contribution < 1.29 is 28.7 Å². The minimum absolute atomic E-state index is 1.07. The Hall–Kier alpha value is -0.550. The molecule has 4 N–H and O–H groups in total. The lowest BCUT2D eigenvalue weighted by atomic mass is 10.4. The van der Waals surface area contributed by atoms with Crippen LogP contribution in [0, 0.1) is 6.92 Å². The second kappa shape index (κ2) is 11.5. The molecule has 0 saturated heterocycles. The predicted octanol–water partition coefficient (Wildman–Crippen LogP) is 0.111. The van der Waals surface area contributed by atoms with E-state index < -0.39 is 16.5 Å². The molecule has 0 amide bonds. The summed E-state index contributed by atoms with van der Waals surface area (Å²) in [6.07, 6.45) is 1.79. The molecule has 0 saturated carbocycles. The first kappa shape index (κ1) is 16.9. The number of hydrogen-bond donors (Lipinski definition) is 4. The van der Waals surface area contributed by atoms with Gasteiger partial charge in [-0.15, -0.1) is 0 Å². The van der Waals surface area contributed by atoms with Crippen LogP contribution in [-0.2, 0) is 9.13 Å². The lowest BCUT2D eigenvalue weighted by Crippen LogP contribution is -1.72. The monoisotopic (exact) mass is 257 g/mol. The van der Waals surface area contributed by atoms with Gasteiger partial charge in [0.25, 0.3) is 0 Å². The third kappa shape index (κ3) is 31.8. The predicted molar refractivity (Wildman–Crippen MR) is 55.9 cm³/mol. The van der Waals surface area contributed by atoms with Crippen molar-refractivity contribution in [1.82, 2.24) is 4.98 Å². The highest BCUT2D eigenvalue weighted by molar-refractivity contribution is 7.31. The molecule has 0 radical (unpaired) electrons. The summed E-state index contributed by atoms with van der Waals surface area (Å²) in [6, 6.07) is 5.86. The Morgan fingerprint density at radius 1 is 1.07 bits per heavy atom. The summed E-state index contributed by atoms with van der Waals surface area (Å²) in [7, 11) is -6.26. The molecule has 0 unspecified atom stereocenters. The molecule has 0 spiro atoms. The van der Waals surface area contributed by atoms with Crippen LogP contribution in [-0.4, -0.2) is 24.6 Å². The molecule has 0 aliphatic heterocycles. The fourth-order valence-electron chi connectivity index (χ4n) is 0.448. The first-order valence-corrected chi connectivity index (χ1v) is 6.18. The Morgan fingerprint density at radius 3 is 1.60 bits per heavy atom. The van der Waals surface area contributed by atoms with Gasteiger partial charge in [-0.25, -0.2) is 0 Å². The largest absolute Gasteiger partial charge is 0.326 e. The molecule has 15 heavy (non-hydrogen) atoms. The Kier molecular flexibility index (Phi) is 13.0. The van der Waals surface area contributed by atoms with E-state index in [1.807, 2.05) is 25.1 Å². The Labute approximate surface area is 88.0 Å². The molecule has 0 aromatic carbocycles. The van der Waals surface area contributed by atoms with E-state index in [4.69, 9.17) is 28.7 Å². The smallest absolute Gasteiger partial charge is 0.314 e. The first-order chi connectivity index (χ1) is 6.86. The van der Waals surface area contributed by atoms with Crippen LogP contribution in [0.1, 0.15) is 5.69 Å². The van der Waals surface area contributed by atoms with Crippen LogP contribution in [0.4, 0.5) is 0 Å². The van der Waals surface area contributed by atoms with E-state index in [-0.39, 0.29) is 0 Å². The summed E-state index contributed by atoms with van der Waals surface area (Å²) < 4.78 is 17.5. The van der Waals surface area contributed by atoms with Crippen LogP contribution in [0.25, 0.3) is 0 Å². The number of nitrogens with zero attached hydrogens (tertiary/aromatic N) is 1. The van der Waals surface area contributed by atoms with Crippen molar-refractivity contribution in [2.24, 2.45) is 0 Å². The van der Waals surface area contributed by atoms with E-state index in [2.05, 4.69) is 4.98 Å². The molecular formula is C6H13NO6P2. The summed E-state index contributed by atoms with van der Waals surface area (Å²) >= 11 is 0. The second-order valence-electron chi connectivity index (χ2n) is 2.04. The van der Waals surface area contributed by atoms with Gasteiger partial charge in [-0.1, -0.05) is 6.07 Å². The van der Waals surface area contributed by atoms with Gasteiger partial charge in [0.2, 0.25) is 0 Å². The van der Waals surface area contributed by atoms with Crippen molar-refractivity contribution in [2.75, 3.05) is 0 Å². The molecule has 0 bridgehead atoms. The van der Waals surface area contributed by atoms with Gasteiger partial charge in [-0.3, -0.25) is 14.1 Å². The van der Waals surface area contributed by atoms with E-state index >= 15 is 0 Å². The maximum atomic E-state index is 8.74. The van der Waals surface area contributed by atoms with Gasteiger partial charge < -0.3 is 19.6 Å². The maximum Gasteiger partial charge on any atom is 0.314 e. The lowest BCUT2D eigenvalue weighted by Gasteiger charge is -1.82. The summed E-state index contributed by atoms with van der Waals surface area (Å²) in [5, 5.41) is 0.